The number of carbonyl (C=O) groups is 1. The first-order valence-corrected chi connectivity index (χ1v) is 7.87. The second-order valence-electron chi connectivity index (χ2n) is 6.07. The molecule has 2 atom stereocenters. The SMILES string of the molecule is COCCn1cc(CN2CC(NC(C)=O)CCC2C(F)(F)F)cn1. The predicted molar refractivity (Wildman–Crippen MR) is 81.2 cm³/mol. The number of hydrogen-bond acceptors (Lipinski definition) is 4. The maximum Gasteiger partial charge on any atom is 0.404 e. The Morgan fingerprint density at radius 2 is 2.21 bits per heavy atom. The molecule has 2 unspecified atom stereocenters. The average molecular weight is 348 g/mol. The molecule has 1 N–H and O–H groups in total. The van der Waals surface area contributed by atoms with E-state index in [9.17, 15) is 18.0 Å². The molecule has 0 aromatic carbocycles. The highest BCUT2D eigenvalue weighted by Gasteiger charge is 2.46. The van der Waals surface area contributed by atoms with Crippen LogP contribution < -0.4 is 5.32 Å². The Balaban J connectivity index is 2.06. The van der Waals surface area contributed by atoms with Gasteiger partial charge in [0.25, 0.3) is 0 Å². The van der Waals surface area contributed by atoms with Gasteiger partial charge in [0, 0.05) is 44.9 Å². The summed E-state index contributed by atoms with van der Waals surface area (Å²) in [4.78, 5) is 12.6. The minimum atomic E-state index is -4.28. The molecular formula is C15H23F3N4O2. The third kappa shape index (κ3) is 5.20. The summed E-state index contributed by atoms with van der Waals surface area (Å²) in [5.41, 5.74) is 0.712. The van der Waals surface area contributed by atoms with Crippen LogP contribution in [0.5, 0.6) is 0 Å². The highest BCUT2D eigenvalue weighted by molar-refractivity contribution is 5.73. The normalized spacial score (nSPS) is 22.5. The fourth-order valence-electron chi connectivity index (χ4n) is 3.02. The minimum Gasteiger partial charge on any atom is -0.383 e. The van der Waals surface area contributed by atoms with Gasteiger partial charge < -0.3 is 10.1 Å². The number of halogens is 3. The van der Waals surface area contributed by atoms with E-state index >= 15 is 0 Å². The minimum absolute atomic E-state index is 0.0216. The molecule has 9 heteroatoms. The number of aromatic nitrogens is 2. The Hall–Kier alpha value is -1.61. The molecule has 1 saturated heterocycles. The number of methoxy groups -OCH3 is 1. The van der Waals surface area contributed by atoms with Crippen LogP contribution in [0, 0.1) is 0 Å². The van der Waals surface area contributed by atoms with E-state index in [2.05, 4.69) is 10.4 Å². The van der Waals surface area contributed by atoms with Crippen LogP contribution in [0.15, 0.2) is 12.4 Å². The Morgan fingerprint density at radius 1 is 1.46 bits per heavy atom. The maximum absolute atomic E-state index is 13.3. The lowest BCUT2D eigenvalue weighted by molar-refractivity contribution is -0.194. The largest absolute Gasteiger partial charge is 0.404 e. The van der Waals surface area contributed by atoms with Crippen molar-refractivity contribution in [1.82, 2.24) is 20.0 Å². The molecular weight excluding hydrogens is 325 g/mol. The number of rotatable bonds is 6. The molecule has 0 radical (unpaired) electrons. The number of nitrogens with one attached hydrogen (secondary N) is 1. The highest BCUT2D eigenvalue weighted by Crippen LogP contribution is 2.32. The summed E-state index contributed by atoms with van der Waals surface area (Å²) in [6.45, 7) is 2.73. The van der Waals surface area contributed by atoms with Crippen molar-refractivity contribution >= 4 is 5.91 Å². The highest BCUT2D eigenvalue weighted by atomic mass is 19.4. The molecule has 0 spiro atoms. The summed E-state index contributed by atoms with van der Waals surface area (Å²) >= 11 is 0. The Bertz CT molecular complexity index is 547. The molecule has 24 heavy (non-hydrogen) atoms. The van der Waals surface area contributed by atoms with Gasteiger partial charge in [-0.1, -0.05) is 0 Å². The lowest BCUT2D eigenvalue weighted by Crippen LogP contribution is -2.55. The lowest BCUT2D eigenvalue weighted by atomic mass is 9.97. The van der Waals surface area contributed by atoms with Gasteiger partial charge in [-0.05, 0) is 12.8 Å². The number of hydrogen-bond donors (Lipinski definition) is 1. The van der Waals surface area contributed by atoms with Gasteiger partial charge in [-0.2, -0.15) is 18.3 Å². The molecule has 0 saturated carbocycles. The van der Waals surface area contributed by atoms with Crippen LogP contribution in [0.2, 0.25) is 0 Å². The fraction of sp³-hybridized carbons (Fsp3) is 0.733. The van der Waals surface area contributed by atoms with E-state index in [-0.39, 0.29) is 31.5 Å². The summed E-state index contributed by atoms with van der Waals surface area (Å²) in [6, 6.07) is -1.76. The second kappa shape index (κ2) is 7.98. The van der Waals surface area contributed by atoms with E-state index < -0.39 is 12.2 Å². The van der Waals surface area contributed by atoms with Crippen molar-refractivity contribution in [1.29, 1.82) is 0 Å². The predicted octanol–water partition coefficient (Wildman–Crippen LogP) is 1.56. The van der Waals surface area contributed by atoms with Crippen molar-refractivity contribution in [2.45, 2.75) is 51.1 Å². The van der Waals surface area contributed by atoms with E-state index in [1.165, 1.54) is 11.8 Å². The first-order chi connectivity index (χ1) is 11.3. The first kappa shape index (κ1) is 18.7. The van der Waals surface area contributed by atoms with E-state index in [1.807, 2.05) is 0 Å². The molecule has 1 aliphatic rings. The van der Waals surface area contributed by atoms with Gasteiger partial charge in [0.1, 0.15) is 6.04 Å². The summed E-state index contributed by atoms with van der Waals surface area (Å²) in [6.07, 6.45) is -0.674. The topological polar surface area (TPSA) is 59.4 Å². The van der Waals surface area contributed by atoms with Crippen LogP contribution in [-0.4, -0.2) is 59.1 Å². The molecule has 1 amide bonds. The second-order valence-corrected chi connectivity index (χ2v) is 6.07. The molecule has 136 valence electrons. The molecule has 1 aliphatic heterocycles. The van der Waals surface area contributed by atoms with Crippen molar-refractivity contribution in [2.24, 2.45) is 0 Å². The average Bonchev–Trinajstić information content (AvgIpc) is 2.91. The van der Waals surface area contributed by atoms with Crippen LogP contribution in [0.3, 0.4) is 0 Å². The lowest BCUT2D eigenvalue weighted by Gasteiger charge is -2.40. The molecule has 1 aromatic heterocycles. The number of ether oxygens (including phenoxy) is 1. The maximum atomic E-state index is 13.3. The molecule has 2 rings (SSSR count). The van der Waals surface area contributed by atoms with Gasteiger partial charge >= 0.3 is 6.18 Å². The first-order valence-electron chi connectivity index (χ1n) is 7.87. The van der Waals surface area contributed by atoms with Crippen LogP contribution in [0.25, 0.3) is 0 Å². The summed E-state index contributed by atoms with van der Waals surface area (Å²) in [5.74, 6) is -0.224. The third-order valence-electron chi connectivity index (χ3n) is 4.07. The molecule has 1 aromatic rings. The number of carbonyl (C=O) groups excluding carboxylic acids is 1. The molecule has 6 nitrogen and oxygen atoms in total. The van der Waals surface area contributed by atoms with Crippen molar-refractivity contribution in [3.05, 3.63) is 18.0 Å². The van der Waals surface area contributed by atoms with Crippen LogP contribution in [-0.2, 0) is 22.6 Å². The van der Waals surface area contributed by atoms with Crippen molar-refractivity contribution < 1.29 is 22.7 Å². The van der Waals surface area contributed by atoms with Gasteiger partial charge in [-0.25, -0.2) is 0 Å². The number of piperidine rings is 1. The Morgan fingerprint density at radius 3 is 2.83 bits per heavy atom. The Kier molecular flexibility index (Phi) is 6.22. The van der Waals surface area contributed by atoms with E-state index in [4.69, 9.17) is 4.74 Å². The van der Waals surface area contributed by atoms with Crippen molar-refractivity contribution in [3.63, 3.8) is 0 Å². The monoisotopic (exact) mass is 348 g/mol. The summed E-state index contributed by atoms with van der Waals surface area (Å²) < 4.78 is 46.5. The number of alkyl halides is 3. The molecule has 0 bridgehead atoms. The van der Waals surface area contributed by atoms with Crippen LogP contribution in [0.1, 0.15) is 25.3 Å². The molecule has 1 fully saturated rings. The number of likely N-dealkylation sites (tertiary alicyclic amines) is 1. The quantitative estimate of drug-likeness (QED) is 0.848. The van der Waals surface area contributed by atoms with E-state index in [0.717, 1.165) is 0 Å². The number of nitrogens with zero attached hydrogens (tertiary/aromatic N) is 3. The zero-order valence-electron chi connectivity index (χ0n) is 13.8. The van der Waals surface area contributed by atoms with Crippen molar-refractivity contribution in [3.8, 4) is 0 Å². The van der Waals surface area contributed by atoms with E-state index in [0.29, 0.717) is 25.1 Å². The molecule has 2 heterocycles. The fourth-order valence-corrected chi connectivity index (χ4v) is 3.02. The smallest absolute Gasteiger partial charge is 0.383 e. The van der Waals surface area contributed by atoms with Gasteiger partial charge in [0.15, 0.2) is 0 Å². The van der Waals surface area contributed by atoms with Crippen LogP contribution in [0.4, 0.5) is 13.2 Å². The van der Waals surface area contributed by atoms with Gasteiger partial charge in [0.05, 0.1) is 19.3 Å². The van der Waals surface area contributed by atoms with E-state index in [1.54, 1.807) is 24.2 Å². The van der Waals surface area contributed by atoms with Gasteiger partial charge in [0.2, 0.25) is 5.91 Å². The zero-order valence-corrected chi connectivity index (χ0v) is 13.8. The summed E-state index contributed by atoms with van der Waals surface area (Å²) in [5, 5.41) is 6.85. The summed E-state index contributed by atoms with van der Waals surface area (Å²) in [7, 11) is 1.58. The standard InChI is InChI=1S/C15H23F3N4O2/c1-11(23)20-13-3-4-14(15(16,17)18)21(10-13)8-12-7-19-22(9-12)5-6-24-2/h7,9,13-14H,3-6,8,10H2,1-2H3,(H,20,23). The van der Waals surface area contributed by atoms with Crippen LogP contribution >= 0.6 is 0 Å². The Labute approximate surface area is 138 Å². The van der Waals surface area contributed by atoms with Crippen molar-refractivity contribution in [2.75, 3.05) is 20.3 Å². The molecule has 0 aliphatic carbocycles. The third-order valence-corrected chi connectivity index (χ3v) is 4.07. The van der Waals surface area contributed by atoms with Gasteiger partial charge in [-0.15, -0.1) is 0 Å². The van der Waals surface area contributed by atoms with Gasteiger partial charge in [-0.3, -0.25) is 14.4 Å². The number of amides is 1. The zero-order chi connectivity index (χ0) is 17.7.